The standard InChI is InChI=1S/C11H16ClNO4S2/c1-18(14,15)11-7-3-2-6-10(11)13-19(16,17)9-5-4-8-12/h2-3,6-7,13H,4-5,8-9H2,1H3. The number of unbranched alkanes of at least 4 members (excludes halogenated alkanes) is 1. The summed E-state index contributed by atoms with van der Waals surface area (Å²) >= 11 is 5.48. The van der Waals surface area contributed by atoms with Crippen LogP contribution in [0.15, 0.2) is 29.2 Å². The first-order chi connectivity index (χ1) is 8.76. The highest BCUT2D eigenvalue weighted by Crippen LogP contribution is 2.21. The third-order valence-electron chi connectivity index (χ3n) is 2.35. The van der Waals surface area contributed by atoms with Crippen molar-refractivity contribution in [3.05, 3.63) is 24.3 Å². The van der Waals surface area contributed by atoms with E-state index in [1.807, 2.05) is 0 Å². The first kappa shape index (κ1) is 16.3. The Hall–Kier alpha value is -0.790. The van der Waals surface area contributed by atoms with Crippen LogP contribution in [-0.4, -0.2) is 34.7 Å². The molecule has 19 heavy (non-hydrogen) atoms. The van der Waals surface area contributed by atoms with Crippen molar-refractivity contribution in [3.8, 4) is 0 Å². The zero-order valence-electron chi connectivity index (χ0n) is 10.5. The van der Waals surface area contributed by atoms with E-state index in [0.717, 1.165) is 6.26 Å². The number of sulfonamides is 1. The Kier molecular flexibility index (Phi) is 5.64. The maximum absolute atomic E-state index is 11.8. The second-order valence-electron chi connectivity index (χ2n) is 4.09. The summed E-state index contributed by atoms with van der Waals surface area (Å²) in [5.74, 6) is 0.313. The van der Waals surface area contributed by atoms with Gasteiger partial charge in [-0.2, -0.15) is 0 Å². The maximum atomic E-state index is 11.8. The predicted molar refractivity (Wildman–Crippen MR) is 76.9 cm³/mol. The average Bonchev–Trinajstić information content (AvgIpc) is 2.27. The molecule has 108 valence electrons. The fourth-order valence-corrected chi connectivity index (χ4v) is 3.78. The molecule has 0 aromatic heterocycles. The predicted octanol–water partition coefficient (Wildman–Crippen LogP) is 1.85. The Morgan fingerprint density at radius 2 is 1.74 bits per heavy atom. The first-order valence-electron chi connectivity index (χ1n) is 5.62. The summed E-state index contributed by atoms with van der Waals surface area (Å²) in [4.78, 5) is -0.0316. The van der Waals surface area contributed by atoms with Gasteiger partial charge in [0.1, 0.15) is 0 Å². The molecule has 0 unspecified atom stereocenters. The van der Waals surface area contributed by atoms with Crippen LogP contribution in [0.1, 0.15) is 12.8 Å². The molecule has 1 aromatic rings. The molecule has 1 aromatic carbocycles. The van der Waals surface area contributed by atoms with Crippen LogP contribution in [0.5, 0.6) is 0 Å². The monoisotopic (exact) mass is 325 g/mol. The minimum atomic E-state index is -3.56. The van der Waals surface area contributed by atoms with E-state index in [0.29, 0.717) is 18.7 Å². The summed E-state index contributed by atoms with van der Waals surface area (Å²) in [6, 6.07) is 5.91. The highest BCUT2D eigenvalue weighted by molar-refractivity contribution is 7.93. The Morgan fingerprint density at radius 1 is 1.11 bits per heavy atom. The van der Waals surface area contributed by atoms with Crippen molar-refractivity contribution in [1.29, 1.82) is 0 Å². The number of alkyl halides is 1. The molecule has 0 amide bonds. The van der Waals surface area contributed by atoms with Crippen molar-refractivity contribution < 1.29 is 16.8 Å². The van der Waals surface area contributed by atoms with Gasteiger partial charge in [0.05, 0.1) is 16.3 Å². The Bertz CT molecular complexity index is 626. The molecule has 0 bridgehead atoms. The van der Waals surface area contributed by atoms with Crippen LogP contribution in [0.3, 0.4) is 0 Å². The van der Waals surface area contributed by atoms with Crippen LogP contribution in [-0.2, 0) is 19.9 Å². The normalized spacial score (nSPS) is 12.3. The lowest BCUT2D eigenvalue weighted by Crippen LogP contribution is -2.18. The van der Waals surface area contributed by atoms with E-state index >= 15 is 0 Å². The van der Waals surface area contributed by atoms with Gasteiger partial charge in [-0.15, -0.1) is 11.6 Å². The molecule has 8 heteroatoms. The third-order valence-corrected chi connectivity index (χ3v) is 5.13. The summed E-state index contributed by atoms with van der Waals surface area (Å²) in [5, 5.41) is 0. The second-order valence-corrected chi connectivity index (χ2v) is 8.29. The summed E-state index contributed by atoms with van der Waals surface area (Å²) in [7, 11) is -7.04. The average molecular weight is 326 g/mol. The van der Waals surface area contributed by atoms with E-state index in [2.05, 4.69) is 4.72 Å². The minimum absolute atomic E-state index is 0.0316. The molecule has 0 spiro atoms. The molecule has 1 rings (SSSR count). The van der Waals surface area contributed by atoms with E-state index in [1.54, 1.807) is 12.1 Å². The molecule has 0 radical (unpaired) electrons. The first-order valence-corrected chi connectivity index (χ1v) is 9.69. The maximum Gasteiger partial charge on any atom is 0.232 e. The number of para-hydroxylation sites is 1. The van der Waals surface area contributed by atoms with Gasteiger partial charge in [-0.1, -0.05) is 12.1 Å². The summed E-state index contributed by atoms with van der Waals surface area (Å²) in [6.07, 6.45) is 2.06. The molecule has 0 atom stereocenters. The molecule has 0 aliphatic rings. The van der Waals surface area contributed by atoms with Crippen LogP contribution in [0.2, 0.25) is 0 Å². The van der Waals surface area contributed by atoms with Crippen LogP contribution in [0.4, 0.5) is 5.69 Å². The number of sulfone groups is 1. The number of benzene rings is 1. The van der Waals surface area contributed by atoms with Gasteiger partial charge in [0.15, 0.2) is 9.84 Å². The molecular formula is C11H16ClNO4S2. The number of anilines is 1. The van der Waals surface area contributed by atoms with Crippen molar-refractivity contribution >= 4 is 37.1 Å². The second kappa shape index (κ2) is 6.58. The van der Waals surface area contributed by atoms with Gasteiger partial charge in [-0.25, -0.2) is 16.8 Å². The van der Waals surface area contributed by atoms with Crippen LogP contribution in [0, 0.1) is 0 Å². The van der Waals surface area contributed by atoms with Crippen molar-refractivity contribution in [2.75, 3.05) is 22.6 Å². The van der Waals surface area contributed by atoms with Gasteiger partial charge in [-0.05, 0) is 25.0 Å². The SMILES string of the molecule is CS(=O)(=O)c1ccccc1NS(=O)(=O)CCCCCl. The van der Waals surface area contributed by atoms with E-state index in [4.69, 9.17) is 11.6 Å². The minimum Gasteiger partial charge on any atom is -0.282 e. The van der Waals surface area contributed by atoms with Crippen LogP contribution < -0.4 is 4.72 Å². The van der Waals surface area contributed by atoms with Crippen molar-refractivity contribution in [2.45, 2.75) is 17.7 Å². The Labute approximate surface area is 118 Å². The van der Waals surface area contributed by atoms with Crippen molar-refractivity contribution in [1.82, 2.24) is 0 Å². The lowest BCUT2D eigenvalue weighted by atomic mass is 10.3. The number of rotatable bonds is 7. The number of nitrogens with one attached hydrogen (secondary N) is 1. The van der Waals surface area contributed by atoms with E-state index in [9.17, 15) is 16.8 Å². The van der Waals surface area contributed by atoms with Gasteiger partial charge in [0, 0.05) is 12.1 Å². The summed E-state index contributed by atoms with van der Waals surface area (Å²) < 4.78 is 49.0. The summed E-state index contributed by atoms with van der Waals surface area (Å²) in [5.41, 5.74) is 0.0795. The number of hydrogen-bond donors (Lipinski definition) is 1. The number of hydrogen-bond acceptors (Lipinski definition) is 4. The Morgan fingerprint density at radius 3 is 2.32 bits per heavy atom. The summed E-state index contributed by atoms with van der Waals surface area (Å²) in [6.45, 7) is 0. The number of halogens is 1. The molecule has 0 saturated heterocycles. The molecular weight excluding hydrogens is 310 g/mol. The van der Waals surface area contributed by atoms with Crippen LogP contribution >= 0.6 is 11.6 Å². The lowest BCUT2D eigenvalue weighted by Gasteiger charge is -2.11. The third kappa shape index (κ3) is 5.38. The zero-order valence-corrected chi connectivity index (χ0v) is 12.9. The molecule has 0 aliphatic heterocycles. The largest absolute Gasteiger partial charge is 0.282 e. The zero-order chi connectivity index (χ0) is 14.5. The van der Waals surface area contributed by atoms with Crippen LogP contribution in [0.25, 0.3) is 0 Å². The lowest BCUT2D eigenvalue weighted by molar-refractivity contribution is 0.598. The van der Waals surface area contributed by atoms with E-state index < -0.39 is 19.9 Å². The fraction of sp³-hybridized carbons (Fsp3) is 0.455. The molecule has 0 fully saturated rings. The Balaban J connectivity index is 2.94. The topological polar surface area (TPSA) is 80.3 Å². The van der Waals surface area contributed by atoms with Gasteiger partial charge in [0.2, 0.25) is 10.0 Å². The smallest absolute Gasteiger partial charge is 0.232 e. The van der Waals surface area contributed by atoms with Gasteiger partial charge < -0.3 is 0 Å². The van der Waals surface area contributed by atoms with Crippen molar-refractivity contribution in [3.63, 3.8) is 0 Å². The van der Waals surface area contributed by atoms with Gasteiger partial charge in [-0.3, -0.25) is 4.72 Å². The molecule has 0 aliphatic carbocycles. The van der Waals surface area contributed by atoms with E-state index in [1.165, 1.54) is 12.1 Å². The fourth-order valence-electron chi connectivity index (χ4n) is 1.48. The molecule has 1 N–H and O–H groups in total. The van der Waals surface area contributed by atoms with Gasteiger partial charge >= 0.3 is 0 Å². The molecule has 0 saturated carbocycles. The highest BCUT2D eigenvalue weighted by Gasteiger charge is 2.17. The van der Waals surface area contributed by atoms with Crippen molar-refractivity contribution in [2.24, 2.45) is 0 Å². The van der Waals surface area contributed by atoms with Gasteiger partial charge in [0.25, 0.3) is 0 Å². The molecule has 0 heterocycles. The molecule has 5 nitrogen and oxygen atoms in total. The van der Waals surface area contributed by atoms with E-state index in [-0.39, 0.29) is 16.3 Å². The quantitative estimate of drug-likeness (QED) is 0.613. The highest BCUT2D eigenvalue weighted by atomic mass is 35.5.